The van der Waals surface area contributed by atoms with Crippen molar-refractivity contribution in [2.45, 2.75) is 19.8 Å². The minimum absolute atomic E-state index is 0.0116. The molecule has 138 valence electrons. The summed E-state index contributed by atoms with van der Waals surface area (Å²) in [4.78, 5) is 30.6. The molecule has 25 heavy (non-hydrogen) atoms. The van der Waals surface area contributed by atoms with Crippen LogP contribution in [-0.4, -0.2) is 88.7 Å². The molecular formula is C17H27N5O3. The Hall–Kier alpha value is -2.09. The van der Waals surface area contributed by atoms with Crippen LogP contribution in [0, 0.1) is 0 Å². The smallest absolute Gasteiger partial charge is 0.274 e. The first-order valence-corrected chi connectivity index (χ1v) is 9.04. The fourth-order valence-electron chi connectivity index (χ4n) is 3.31. The summed E-state index contributed by atoms with van der Waals surface area (Å²) >= 11 is 0. The number of carbonyl (C=O) groups excluding carboxylic acids is 2. The molecule has 0 bridgehead atoms. The lowest BCUT2D eigenvalue weighted by Gasteiger charge is -2.33. The molecule has 1 aromatic rings. The molecule has 0 atom stereocenters. The number of rotatable bonds is 5. The maximum Gasteiger partial charge on any atom is 0.274 e. The molecule has 2 amide bonds. The highest BCUT2D eigenvalue weighted by Crippen LogP contribution is 2.16. The van der Waals surface area contributed by atoms with Crippen LogP contribution < -0.4 is 4.74 Å². The van der Waals surface area contributed by atoms with Gasteiger partial charge in [-0.1, -0.05) is 6.92 Å². The molecule has 0 aromatic carbocycles. The van der Waals surface area contributed by atoms with Crippen molar-refractivity contribution in [2.75, 3.05) is 52.4 Å². The van der Waals surface area contributed by atoms with Crippen molar-refractivity contribution in [3.8, 4) is 5.88 Å². The Bertz CT molecular complexity index is 616. The zero-order chi connectivity index (χ0) is 17.8. The fourth-order valence-corrected chi connectivity index (χ4v) is 3.31. The monoisotopic (exact) mass is 349 g/mol. The molecule has 1 aromatic heterocycles. The van der Waals surface area contributed by atoms with E-state index in [0.717, 1.165) is 45.6 Å². The van der Waals surface area contributed by atoms with E-state index >= 15 is 0 Å². The summed E-state index contributed by atoms with van der Waals surface area (Å²) in [5.74, 6) is 0.359. The molecule has 8 nitrogen and oxygen atoms in total. The lowest BCUT2D eigenvalue weighted by atomic mass is 10.3. The van der Waals surface area contributed by atoms with Gasteiger partial charge in [0.2, 0.25) is 5.88 Å². The minimum atomic E-state index is -0.0768. The van der Waals surface area contributed by atoms with Crippen LogP contribution in [0.25, 0.3) is 0 Å². The van der Waals surface area contributed by atoms with Crippen molar-refractivity contribution in [3.05, 3.63) is 11.8 Å². The van der Waals surface area contributed by atoms with Crippen LogP contribution in [0.1, 0.15) is 30.3 Å². The first-order chi connectivity index (χ1) is 12.1. The van der Waals surface area contributed by atoms with Crippen LogP contribution >= 0.6 is 0 Å². The second-order valence-corrected chi connectivity index (χ2v) is 6.59. The second-order valence-electron chi connectivity index (χ2n) is 6.59. The number of likely N-dealkylation sites (N-methyl/N-ethyl adjacent to an activating group) is 1. The van der Waals surface area contributed by atoms with Gasteiger partial charge < -0.3 is 19.4 Å². The van der Waals surface area contributed by atoms with E-state index in [9.17, 15) is 9.59 Å². The van der Waals surface area contributed by atoms with Crippen molar-refractivity contribution in [1.82, 2.24) is 24.5 Å². The molecule has 0 spiro atoms. The average Bonchev–Trinajstić information content (AvgIpc) is 3.29. The Morgan fingerprint density at radius 3 is 2.40 bits per heavy atom. The normalized spacial score (nSPS) is 18.6. The molecule has 0 radical (unpaired) electrons. The summed E-state index contributed by atoms with van der Waals surface area (Å²) in [5.41, 5.74) is 0.371. The number of nitrogens with zero attached hydrogens (tertiary/aromatic N) is 5. The second kappa shape index (κ2) is 7.86. The Kier molecular flexibility index (Phi) is 5.57. The predicted molar refractivity (Wildman–Crippen MR) is 92.5 cm³/mol. The van der Waals surface area contributed by atoms with E-state index in [4.69, 9.17) is 4.74 Å². The molecule has 2 saturated heterocycles. The topological polar surface area (TPSA) is 70.9 Å². The molecule has 0 aliphatic carbocycles. The average molecular weight is 349 g/mol. The van der Waals surface area contributed by atoms with E-state index in [1.807, 2.05) is 9.80 Å². The number of hydrogen-bond acceptors (Lipinski definition) is 5. The van der Waals surface area contributed by atoms with Crippen LogP contribution in [0.3, 0.4) is 0 Å². The number of amides is 2. The van der Waals surface area contributed by atoms with E-state index in [1.165, 1.54) is 4.68 Å². The Morgan fingerprint density at radius 1 is 1.08 bits per heavy atom. The molecule has 3 heterocycles. The number of aromatic nitrogens is 2. The minimum Gasteiger partial charge on any atom is -0.468 e. The van der Waals surface area contributed by atoms with E-state index in [1.54, 1.807) is 13.1 Å². The molecule has 2 fully saturated rings. The zero-order valence-electron chi connectivity index (χ0n) is 15.1. The van der Waals surface area contributed by atoms with E-state index < -0.39 is 0 Å². The van der Waals surface area contributed by atoms with Gasteiger partial charge in [0.1, 0.15) is 0 Å². The Balaban J connectivity index is 1.56. The summed E-state index contributed by atoms with van der Waals surface area (Å²) in [6, 6.07) is 1.63. The summed E-state index contributed by atoms with van der Waals surface area (Å²) in [5, 5.41) is 4.26. The predicted octanol–water partition coefficient (Wildman–Crippen LogP) is 0.199. The standard InChI is InChI=1S/C17H27N5O3/c1-3-20-8-10-22(11-9-20)17(24)14-12-16(19(2)18-14)25-13-15(23)21-6-4-5-7-21/h12H,3-11,13H2,1-2H3. The van der Waals surface area contributed by atoms with Gasteiger partial charge in [0, 0.05) is 52.4 Å². The van der Waals surface area contributed by atoms with Gasteiger partial charge in [-0.3, -0.25) is 9.59 Å². The zero-order valence-corrected chi connectivity index (χ0v) is 15.1. The van der Waals surface area contributed by atoms with Crippen LogP contribution in [0.2, 0.25) is 0 Å². The van der Waals surface area contributed by atoms with E-state index in [2.05, 4.69) is 16.9 Å². The highest BCUT2D eigenvalue weighted by atomic mass is 16.5. The third-order valence-corrected chi connectivity index (χ3v) is 4.97. The van der Waals surface area contributed by atoms with Crippen molar-refractivity contribution in [3.63, 3.8) is 0 Å². The third kappa shape index (κ3) is 4.12. The van der Waals surface area contributed by atoms with Gasteiger partial charge in [-0.05, 0) is 19.4 Å². The summed E-state index contributed by atoms with van der Waals surface area (Å²) in [6.07, 6.45) is 2.11. The van der Waals surface area contributed by atoms with Crippen LogP contribution in [0.4, 0.5) is 0 Å². The third-order valence-electron chi connectivity index (χ3n) is 4.97. The lowest BCUT2D eigenvalue weighted by molar-refractivity contribution is -0.132. The first-order valence-electron chi connectivity index (χ1n) is 9.04. The summed E-state index contributed by atoms with van der Waals surface area (Å²) < 4.78 is 7.11. The molecule has 0 unspecified atom stereocenters. The van der Waals surface area contributed by atoms with Crippen molar-refractivity contribution in [1.29, 1.82) is 0 Å². The largest absolute Gasteiger partial charge is 0.468 e. The maximum atomic E-state index is 12.6. The lowest BCUT2D eigenvalue weighted by Crippen LogP contribution is -2.48. The van der Waals surface area contributed by atoms with E-state index in [0.29, 0.717) is 24.7 Å². The number of hydrogen-bond donors (Lipinski definition) is 0. The summed E-state index contributed by atoms with van der Waals surface area (Å²) in [6.45, 7) is 7.95. The molecule has 2 aliphatic heterocycles. The van der Waals surface area contributed by atoms with Gasteiger partial charge in [0.05, 0.1) is 0 Å². The number of aryl methyl sites for hydroxylation is 1. The van der Waals surface area contributed by atoms with Gasteiger partial charge >= 0.3 is 0 Å². The SMILES string of the molecule is CCN1CCN(C(=O)c2cc(OCC(=O)N3CCCC3)n(C)n2)CC1. The molecule has 3 rings (SSSR count). The number of ether oxygens (including phenoxy) is 1. The number of likely N-dealkylation sites (tertiary alicyclic amines) is 1. The first kappa shape index (κ1) is 17.7. The quantitative estimate of drug-likeness (QED) is 0.759. The maximum absolute atomic E-state index is 12.6. The molecule has 2 aliphatic rings. The van der Waals surface area contributed by atoms with Crippen molar-refractivity contribution < 1.29 is 14.3 Å². The molecular weight excluding hydrogens is 322 g/mol. The highest BCUT2D eigenvalue weighted by molar-refractivity contribution is 5.92. The molecule has 0 saturated carbocycles. The van der Waals surface area contributed by atoms with Crippen molar-refractivity contribution in [2.24, 2.45) is 7.05 Å². The summed E-state index contributed by atoms with van der Waals surface area (Å²) in [7, 11) is 1.72. The van der Waals surface area contributed by atoms with Crippen LogP contribution in [0.15, 0.2) is 6.07 Å². The van der Waals surface area contributed by atoms with Crippen molar-refractivity contribution >= 4 is 11.8 Å². The Morgan fingerprint density at radius 2 is 1.76 bits per heavy atom. The van der Waals surface area contributed by atoms with Gasteiger partial charge in [-0.25, -0.2) is 4.68 Å². The number of carbonyl (C=O) groups is 2. The van der Waals surface area contributed by atoms with Gasteiger partial charge in [0.25, 0.3) is 11.8 Å². The molecule has 0 N–H and O–H groups in total. The van der Waals surface area contributed by atoms with E-state index in [-0.39, 0.29) is 18.4 Å². The Labute approximate surface area is 148 Å². The number of piperazine rings is 1. The van der Waals surface area contributed by atoms with Gasteiger partial charge in [0.15, 0.2) is 12.3 Å². The van der Waals surface area contributed by atoms with Crippen LogP contribution in [-0.2, 0) is 11.8 Å². The van der Waals surface area contributed by atoms with Gasteiger partial charge in [-0.2, -0.15) is 5.10 Å². The van der Waals surface area contributed by atoms with Gasteiger partial charge in [-0.15, -0.1) is 0 Å². The molecule has 8 heteroatoms. The highest BCUT2D eigenvalue weighted by Gasteiger charge is 2.25. The van der Waals surface area contributed by atoms with Crippen LogP contribution in [0.5, 0.6) is 5.88 Å². The fraction of sp³-hybridized carbons (Fsp3) is 0.706.